The number of hydrogen-bond acceptors (Lipinski definition) is 6. The molecule has 0 radical (unpaired) electrons. The average Bonchev–Trinajstić information content (AvgIpc) is 2.87. The minimum atomic E-state index is -3.61. The van der Waals surface area contributed by atoms with Gasteiger partial charge in [-0.3, -0.25) is 13.9 Å². The second kappa shape index (κ2) is 12.4. The Morgan fingerprint density at radius 1 is 1.15 bits per heavy atom. The summed E-state index contributed by atoms with van der Waals surface area (Å²) in [5, 5.41) is 3.06. The highest BCUT2D eigenvalue weighted by atomic mass is 32.2. The van der Waals surface area contributed by atoms with E-state index in [9.17, 15) is 18.0 Å². The third-order valence-corrected chi connectivity index (χ3v) is 7.79. The lowest BCUT2D eigenvalue weighted by atomic mass is 9.91. The second-order valence-electron chi connectivity index (χ2n) is 10.1. The fraction of sp³-hybridized carbons (Fsp3) is 0.333. The van der Waals surface area contributed by atoms with Crippen LogP contribution in [0, 0.1) is 0 Å². The van der Waals surface area contributed by atoms with Gasteiger partial charge in [-0.05, 0) is 67.2 Å². The Labute approximate surface area is 231 Å². The number of cyclic esters (lactones) is 1. The van der Waals surface area contributed by atoms with Gasteiger partial charge in [0, 0.05) is 19.0 Å². The Morgan fingerprint density at radius 3 is 2.56 bits per heavy atom. The van der Waals surface area contributed by atoms with Gasteiger partial charge in [0.2, 0.25) is 10.0 Å². The molecule has 0 aliphatic carbocycles. The monoisotopic (exact) mass is 551 g/mol. The van der Waals surface area contributed by atoms with E-state index in [-0.39, 0.29) is 30.3 Å². The van der Waals surface area contributed by atoms with E-state index in [4.69, 9.17) is 10.5 Å². The summed E-state index contributed by atoms with van der Waals surface area (Å²) >= 11 is 0. The van der Waals surface area contributed by atoms with Crippen LogP contribution in [-0.4, -0.2) is 45.2 Å². The van der Waals surface area contributed by atoms with E-state index in [1.165, 1.54) is 13.1 Å². The zero-order chi connectivity index (χ0) is 28.8. The topological polar surface area (TPSA) is 119 Å². The predicted octanol–water partition coefficient (Wildman–Crippen LogP) is 3.82. The molecule has 9 heteroatoms. The summed E-state index contributed by atoms with van der Waals surface area (Å²) < 4.78 is 31.1. The van der Waals surface area contributed by atoms with Crippen molar-refractivity contribution in [3.05, 3.63) is 101 Å². The maximum atomic E-state index is 13.5. The summed E-state index contributed by atoms with van der Waals surface area (Å²) in [5.74, 6) is -1.00. The van der Waals surface area contributed by atoms with E-state index in [0.29, 0.717) is 18.4 Å². The van der Waals surface area contributed by atoms with E-state index in [1.807, 2.05) is 55.5 Å². The van der Waals surface area contributed by atoms with Crippen LogP contribution in [0.4, 0.5) is 5.69 Å². The number of nitrogens with one attached hydrogen (secondary N) is 1. The molecule has 1 aliphatic heterocycles. The van der Waals surface area contributed by atoms with Gasteiger partial charge >= 0.3 is 5.97 Å². The number of nitrogens with zero attached hydrogens (tertiary/aromatic N) is 1. The van der Waals surface area contributed by atoms with Crippen molar-refractivity contribution in [3.8, 4) is 0 Å². The third-order valence-electron chi connectivity index (χ3n) is 6.59. The smallest absolute Gasteiger partial charge is 0.326 e. The van der Waals surface area contributed by atoms with Crippen LogP contribution >= 0.6 is 0 Å². The first-order valence-electron chi connectivity index (χ1n) is 12.7. The first-order valence-corrected chi connectivity index (χ1v) is 14.6. The maximum Gasteiger partial charge on any atom is 0.326 e. The van der Waals surface area contributed by atoms with Crippen LogP contribution in [0.5, 0.6) is 0 Å². The number of hydrogen-bond donors (Lipinski definition) is 2. The minimum Gasteiger partial charge on any atom is -0.459 e. The molecule has 208 valence electrons. The van der Waals surface area contributed by atoms with E-state index >= 15 is 0 Å². The van der Waals surface area contributed by atoms with Gasteiger partial charge in [-0.15, -0.1) is 0 Å². The molecule has 1 aliphatic rings. The van der Waals surface area contributed by atoms with E-state index < -0.39 is 27.4 Å². The van der Waals surface area contributed by atoms with Crippen molar-refractivity contribution in [2.75, 3.05) is 17.6 Å². The van der Waals surface area contributed by atoms with Crippen molar-refractivity contribution in [3.63, 3.8) is 0 Å². The highest BCUT2D eigenvalue weighted by molar-refractivity contribution is 7.92. The fourth-order valence-electron chi connectivity index (χ4n) is 4.28. The molecule has 4 bridgehead atoms. The molecular formula is C30H37N3O5S. The SMILES string of the molecule is C=C(/C=C\C=C/C)[C@H]1CCc2cccc(c2)C[C@@](C)(N)C(=O)OCc2cc(cc(N(C)S(C)(=O)=O)c2)C(=O)N1. The number of nitrogens with two attached hydrogens (primary N) is 1. The number of esters is 1. The number of amides is 1. The number of fused-ring (bicyclic) bond motifs is 4. The molecule has 1 amide bonds. The van der Waals surface area contributed by atoms with Crippen molar-refractivity contribution >= 4 is 27.6 Å². The largest absolute Gasteiger partial charge is 0.459 e. The van der Waals surface area contributed by atoms with Gasteiger partial charge in [0.15, 0.2) is 0 Å². The first kappa shape index (κ1) is 29.9. The van der Waals surface area contributed by atoms with Crippen molar-refractivity contribution in [1.82, 2.24) is 5.32 Å². The van der Waals surface area contributed by atoms with Crippen LogP contribution in [0.25, 0.3) is 0 Å². The van der Waals surface area contributed by atoms with Gasteiger partial charge in [-0.2, -0.15) is 0 Å². The molecule has 3 rings (SSSR count). The Hall–Kier alpha value is -3.69. The molecule has 1 heterocycles. The van der Waals surface area contributed by atoms with Gasteiger partial charge in [-0.1, -0.05) is 55.1 Å². The highest BCUT2D eigenvalue weighted by Gasteiger charge is 2.31. The van der Waals surface area contributed by atoms with Crippen molar-refractivity contribution < 1.29 is 22.7 Å². The summed E-state index contributed by atoms with van der Waals surface area (Å²) in [6.07, 6.45) is 10.1. The zero-order valence-corrected chi connectivity index (χ0v) is 23.8. The predicted molar refractivity (Wildman–Crippen MR) is 155 cm³/mol. The molecular weight excluding hydrogens is 514 g/mol. The number of ether oxygens (including phenoxy) is 1. The lowest BCUT2D eigenvalue weighted by Gasteiger charge is -2.25. The summed E-state index contributed by atoms with van der Waals surface area (Å²) in [7, 11) is -2.21. The Morgan fingerprint density at radius 2 is 1.87 bits per heavy atom. The first-order chi connectivity index (χ1) is 18.3. The molecule has 0 fully saturated rings. The van der Waals surface area contributed by atoms with Crippen molar-refractivity contribution in [1.29, 1.82) is 0 Å². The van der Waals surface area contributed by atoms with Gasteiger partial charge in [0.1, 0.15) is 12.1 Å². The summed E-state index contributed by atoms with van der Waals surface area (Å²) in [4.78, 5) is 26.4. The van der Waals surface area contributed by atoms with E-state index in [2.05, 4.69) is 11.9 Å². The quantitative estimate of drug-likeness (QED) is 0.431. The Bertz CT molecular complexity index is 1410. The van der Waals surface area contributed by atoms with E-state index in [0.717, 1.165) is 27.3 Å². The molecule has 8 nitrogen and oxygen atoms in total. The normalized spacial score (nSPS) is 21.0. The molecule has 2 aromatic carbocycles. The van der Waals surface area contributed by atoms with Crippen molar-refractivity contribution in [2.45, 2.75) is 51.3 Å². The molecule has 39 heavy (non-hydrogen) atoms. The number of benzene rings is 2. The molecule has 2 aromatic rings. The van der Waals surface area contributed by atoms with Crippen LogP contribution in [0.3, 0.4) is 0 Å². The molecule has 0 saturated heterocycles. The summed E-state index contributed by atoms with van der Waals surface area (Å²) in [6.45, 7) is 7.54. The number of allylic oxidation sites excluding steroid dienone is 3. The number of anilines is 1. The number of sulfonamides is 1. The van der Waals surface area contributed by atoms with E-state index in [1.54, 1.807) is 19.1 Å². The zero-order valence-electron chi connectivity index (χ0n) is 22.9. The van der Waals surface area contributed by atoms with Gasteiger partial charge in [0.05, 0.1) is 18.0 Å². The molecule has 0 saturated carbocycles. The Kier molecular flexibility index (Phi) is 9.53. The number of carbonyl (C=O) groups excluding carboxylic acids is 2. The number of aryl methyl sites for hydroxylation is 1. The second-order valence-corrected chi connectivity index (χ2v) is 12.1. The molecule has 0 unspecified atom stereocenters. The molecule has 0 spiro atoms. The maximum absolute atomic E-state index is 13.5. The molecule has 0 aromatic heterocycles. The average molecular weight is 552 g/mol. The van der Waals surface area contributed by atoms with Crippen LogP contribution in [0.1, 0.15) is 47.3 Å². The summed E-state index contributed by atoms with van der Waals surface area (Å²) in [5.41, 5.74) is 8.70. The van der Waals surface area contributed by atoms with Crippen LogP contribution < -0.4 is 15.4 Å². The number of rotatable bonds is 5. The summed E-state index contributed by atoms with van der Waals surface area (Å²) in [6, 6.07) is 12.1. The van der Waals surface area contributed by atoms with Crippen LogP contribution in [0.15, 0.2) is 78.9 Å². The van der Waals surface area contributed by atoms with Gasteiger partial charge in [0.25, 0.3) is 5.91 Å². The highest BCUT2D eigenvalue weighted by Crippen LogP contribution is 2.24. The van der Waals surface area contributed by atoms with Crippen molar-refractivity contribution in [2.24, 2.45) is 5.73 Å². The van der Waals surface area contributed by atoms with Crippen LogP contribution in [0.2, 0.25) is 0 Å². The van der Waals surface area contributed by atoms with Gasteiger partial charge < -0.3 is 15.8 Å². The van der Waals surface area contributed by atoms with Crippen LogP contribution in [-0.2, 0) is 39.0 Å². The molecule has 3 N–H and O–H groups in total. The standard InChI is InChI=1S/C30H37N3O5S/c1-6-7-8-10-21(2)27-14-13-22-11-9-12-23(15-22)19-30(3,31)29(35)38-20-24-16-25(28(34)32-27)18-26(17-24)33(4)39(5,36)37/h6-12,15-18,27H,2,13-14,19-20,31H2,1,3-5H3,(H,32,34)/b7-6-,10-8-/t27-,30-/m1/s1. The number of carbonyl (C=O) groups is 2. The fourth-order valence-corrected chi connectivity index (χ4v) is 4.76. The molecule has 2 atom stereocenters. The third kappa shape index (κ3) is 8.15. The lowest BCUT2D eigenvalue weighted by molar-refractivity contribution is -0.150. The Balaban J connectivity index is 2.08. The lowest BCUT2D eigenvalue weighted by Crippen LogP contribution is -2.48. The van der Waals surface area contributed by atoms with Gasteiger partial charge in [-0.25, -0.2) is 8.42 Å². The minimum absolute atomic E-state index is 0.181.